The van der Waals surface area contributed by atoms with Crippen molar-refractivity contribution in [2.24, 2.45) is 0 Å². The maximum atomic E-state index is 12.9. The third kappa shape index (κ3) is 6.71. The lowest BCUT2D eigenvalue weighted by Gasteiger charge is -2.38. The summed E-state index contributed by atoms with van der Waals surface area (Å²) in [7, 11) is 3.19. The average Bonchev–Trinajstić information content (AvgIpc) is 2.81. The van der Waals surface area contributed by atoms with Crippen LogP contribution in [0.5, 0.6) is 5.75 Å². The molecule has 2 heterocycles. The molecule has 1 amide bonds. The number of methoxy groups -OCH3 is 2. The number of piperidine rings is 1. The van der Waals surface area contributed by atoms with Crippen molar-refractivity contribution in [3.05, 3.63) is 41.2 Å². The lowest BCUT2D eigenvalue weighted by molar-refractivity contribution is 0.00611. The summed E-state index contributed by atoms with van der Waals surface area (Å²) < 4.78 is 11.0. The van der Waals surface area contributed by atoms with E-state index in [2.05, 4.69) is 20.2 Å². The molecule has 8 nitrogen and oxygen atoms in total. The van der Waals surface area contributed by atoms with Crippen molar-refractivity contribution >= 4 is 35.0 Å². The molecule has 0 radical (unpaired) electrons. The number of carbonyl (C=O) groups is 1. The number of hydrogen-bond acceptors (Lipinski definition) is 8. The van der Waals surface area contributed by atoms with Crippen LogP contribution < -0.4 is 15.8 Å². The number of ether oxygens (including phenoxy) is 2. The summed E-state index contributed by atoms with van der Waals surface area (Å²) in [6.07, 6.45) is 6.43. The van der Waals surface area contributed by atoms with Crippen molar-refractivity contribution in [3.63, 3.8) is 0 Å². The Labute approximate surface area is 198 Å². The molecule has 0 unspecified atom stereocenters. The highest BCUT2D eigenvalue weighted by atomic mass is 35.5. The topological polar surface area (TPSA) is 103 Å². The molecular formula is C22H30ClN5O3S. The number of benzene rings is 1. The summed E-state index contributed by atoms with van der Waals surface area (Å²) in [5.74, 6) is 1.15. The van der Waals surface area contributed by atoms with Gasteiger partial charge in [0.1, 0.15) is 5.75 Å². The van der Waals surface area contributed by atoms with Crippen LogP contribution in [0.2, 0.25) is 5.02 Å². The van der Waals surface area contributed by atoms with E-state index in [9.17, 15) is 4.79 Å². The van der Waals surface area contributed by atoms with Gasteiger partial charge in [0.25, 0.3) is 5.91 Å². The van der Waals surface area contributed by atoms with E-state index >= 15 is 0 Å². The summed E-state index contributed by atoms with van der Waals surface area (Å²) in [5, 5.41) is 4.23. The van der Waals surface area contributed by atoms with Crippen LogP contribution in [0.1, 0.15) is 29.6 Å². The number of halogens is 1. The second kappa shape index (κ2) is 12.2. The summed E-state index contributed by atoms with van der Waals surface area (Å²) in [6, 6.07) is 4.84. The summed E-state index contributed by atoms with van der Waals surface area (Å²) in [6.45, 7) is 2.67. The van der Waals surface area contributed by atoms with Crippen LogP contribution >= 0.6 is 23.4 Å². The van der Waals surface area contributed by atoms with E-state index in [0.717, 1.165) is 49.8 Å². The van der Waals surface area contributed by atoms with Crippen LogP contribution in [0.3, 0.4) is 0 Å². The summed E-state index contributed by atoms with van der Waals surface area (Å²) >= 11 is 7.79. The van der Waals surface area contributed by atoms with Gasteiger partial charge in [0.2, 0.25) is 0 Å². The molecule has 174 valence electrons. The van der Waals surface area contributed by atoms with Crippen molar-refractivity contribution in [2.45, 2.75) is 36.6 Å². The lowest BCUT2D eigenvalue weighted by atomic mass is 10.0. The zero-order chi connectivity index (χ0) is 22.9. The van der Waals surface area contributed by atoms with Gasteiger partial charge in [-0.25, -0.2) is 9.97 Å². The Morgan fingerprint density at radius 2 is 2.09 bits per heavy atom. The first kappa shape index (κ1) is 24.6. The fourth-order valence-corrected chi connectivity index (χ4v) is 4.68. The number of aromatic nitrogens is 2. The predicted molar refractivity (Wildman–Crippen MR) is 128 cm³/mol. The second-order valence-electron chi connectivity index (χ2n) is 7.60. The normalized spacial score (nSPS) is 19.0. The number of unbranched alkanes of at least 4 members (excludes halogenated alkanes) is 1. The largest absolute Gasteiger partial charge is 0.496 e. The number of anilines is 1. The smallest absolute Gasteiger partial charge is 0.255 e. The monoisotopic (exact) mass is 479 g/mol. The Kier molecular flexibility index (Phi) is 9.40. The van der Waals surface area contributed by atoms with E-state index in [0.29, 0.717) is 22.0 Å². The molecule has 0 saturated carbocycles. The molecule has 32 heavy (non-hydrogen) atoms. The Morgan fingerprint density at radius 1 is 1.31 bits per heavy atom. The molecule has 0 aliphatic carbocycles. The zero-order valence-corrected chi connectivity index (χ0v) is 20.0. The molecule has 1 saturated heterocycles. The van der Waals surface area contributed by atoms with Gasteiger partial charge in [0.15, 0.2) is 5.16 Å². The molecule has 3 rings (SSSR count). The summed E-state index contributed by atoms with van der Waals surface area (Å²) in [4.78, 5) is 23.7. The number of hydrogen-bond donors (Lipinski definition) is 2. The first-order chi connectivity index (χ1) is 15.5. The van der Waals surface area contributed by atoms with Gasteiger partial charge >= 0.3 is 0 Å². The van der Waals surface area contributed by atoms with Crippen LogP contribution in [0.25, 0.3) is 0 Å². The predicted octanol–water partition coefficient (Wildman–Crippen LogP) is 3.11. The van der Waals surface area contributed by atoms with Crippen LogP contribution in [0.15, 0.2) is 35.7 Å². The third-order valence-corrected chi connectivity index (χ3v) is 6.76. The van der Waals surface area contributed by atoms with Crippen LogP contribution in [0, 0.1) is 0 Å². The molecule has 10 heteroatoms. The van der Waals surface area contributed by atoms with Gasteiger partial charge in [0, 0.05) is 44.4 Å². The van der Waals surface area contributed by atoms with E-state index in [1.54, 1.807) is 43.4 Å². The van der Waals surface area contributed by atoms with E-state index in [1.165, 1.54) is 7.11 Å². The van der Waals surface area contributed by atoms with E-state index < -0.39 is 0 Å². The van der Waals surface area contributed by atoms with Crippen molar-refractivity contribution in [1.29, 1.82) is 0 Å². The van der Waals surface area contributed by atoms with E-state index in [-0.39, 0.29) is 18.1 Å². The van der Waals surface area contributed by atoms with Crippen molar-refractivity contribution in [1.82, 2.24) is 20.2 Å². The number of nitrogen functional groups attached to an aromatic ring is 1. The Morgan fingerprint density at radius 3 is 2.81 bits per heavy atom. The van der Waals surface area contributed by atoms with Crippen molar-refractivity contribution < 1.29 is 14.3 Å². The lowest BCUT2D eigenvalue weighted by Crippen LogP contribution is -2.54. The van der Waals surface area contributed by atoms with E-state index in [1.807, 2.05) is 6.07 Å². The summed E-state index contributed by atoms with van der Waals surface area (Å²) in [5.41, 5.74) is 6.56. The number of nitrogens with one attached hydrogen (secondary N) is 1. The number of likely N-dealkylation sites (tertiary alicyclic amines) is 1. The number of amides is 1. The highest BCUT2D eigenvalue weighted by molar-refractivity contribution is 7.99. The highest BCUT2D eigenvalue weighted by Crippen LogP contribution is 2.29. The minimum atomic E-state index is -0.246. The number of thioether (sulfide) groups is 1. The second-order valence-corrected chi connectivity index (χ2v) is 9.07. The molecule has 0 spiro atoms. The van der Waals surface area contributed by atoms with Crippen molar-refractivity contribution in [2.75, 3.05) is 45.3 Å². The van der Waals surface area contributed by atoms with Gasteiger partial charge in [-0.15, -0.1) is 0 Å². The Balaban J connectivity index is 1.46. The molecule has 3 N–H and O–H groups in total. The molecular weight excluding hydrogens is 450 g/mol. The van der Waals surface area contributed by atoms with Crippen molar-refractivity contribution in [3.8, 4) is 5.75 Å². The molecule has 1 aliphatic heterocycles. The van der Waals surface area contributed by atoms with Gasteiger partial charge in [-0.3, -0.25) is 4.79 Å². The molecule has 1 aromatic carbocycles. The van der Waals surface area contributed by atoms with Crippen LogP contribution in [0.4, 0.5) is 5.69 Å². The number of carbonyl (C=O) groups excluding carboxylic acids is 1. The maximum Gasteiger partial charge on any atom is 0.255 e. The molecule has 0 bridgehead atoms. The number of rotatable bonds is 10. The Hall–Kier alpha value is -2.07. The third-order valence-electron chi connectivity index (χ3n) is 5.47. The highest BCUT2D eigenvalue weighted by Gasteiger charge is 2.31. The minimum Gasteiger partial charge on any atom is -0.496 e. The quantitative estimate of drug-likeness (QED) is 0.232. The zero-order valence-electron chi connectivity index (χ0n) is 18.4. The van der Waals surface area contributed by atoms with Gasteiger partial charge in [-0.1, -0.05) is 23.4 Å². The minimum absolute atomic E-state index is 0.0874. The van der Waals surface area contributed by atoms with Gasteiger partial charge < -0.3 is 25.4 Å². The first-order valence-corrected chi connectivity index (χ1v) is 12.0. The van der Waals surface area contributed by atoms with E-state index in [4.69, 9.17) is 26.8 Å². The van der Waals surface area contributed by atoms with Gasteiger partial charge in [-0.2, -0.15) is 0 Å². The molecule has 1 aromatic heterocycles. The maximum absolute atomic E-state index is 12.9. The Bertz CT molecular complexity index is 889. The first-order valence-electron chi connectivity index (χ1n) is 10.6. The SMILES string of the molecule is COc1cc(N)c(Cl)cc1C(=O)N[C@H]1CCN(CCCCSc2ncccn2)C[C@H]1OC. The van der Waals surface area contributed by atoms with Crippen LogP contribution in [-0.4, -0.2) is 72.5 Å². The number of nitrogens with zero attached hydrogens (tertiary/aromatic N) is 3. The number of nitrogens with two attached hydrogens (primary N) is 1. The fraction of sp³-hybridized carbons (Fsp3) is 0.500. The van der Waals surface area contributed by atoms with Crippen LogP contribution in [-0.2, 0) is 4.74 Å². The van der Waals surface area contributed by atoms with Gasteiger partial charge in [-0.05, 0) is 37.9 Å². The fourth-order valence-electron chi connectivity index (χ4n) is 3.71. The molecule has 2 atom stereocenters. The average molecular weight is 480 g/mol. The van der Waals surface area contributed by atoms with Gasteiger partial charge in [0.05, 0.1) is 35.5 Å². The molecule has 2 aromatic rings. The molecule has 1 fully saturated rings. The standard InChI is InChI=1S/C22H30ClN5O3S/c1-30-19-13-17(24)16(23)12-15(19)21(29)27-18-6-10-28(14-20(18)31-2)9-3-4-11-32-22-25-7-5-8-26-22/h5,7-8,12-13,18,20H,3-4,6,9-11,14,24H2,1-2H3,(H,27,29)/t18-,20+/m0/s1. The molecule has 1 aliphatic rings.